The van der Waals surface area contributed by atoms with Gasteiger partial charge in [-0.2, -0.15) is 39.5 Å². The van der Waals surface area contributed by atoms with Crippen molar-refractivity contribution in [2.24, 2.45) is 0 Å². The van der Waals surface area contributed by atoms with Crippen LogP contribution in [0.2, 0.25) is 0 Å². The van der Waals surface area contributed by atoms with Crippen molar-refractivity contribution in [3.8, 4) is 0 Å². The molecule has 25 heavy (non-hydrogen) atoms. The summed E-state index contributed by atoms with van der Waals surface area (Å²) in [5, 5.41) is 8.39. The maximum Gasteiger partial charge on any atom is 0.435 e. The first kappa shape index (κ1) is 21.0. The first-order valence-electron chi connectivity index (χ1n) is 5.97. The van der Waals surface area contributed by atoms with Crippen LogP contribution in [0, 0.1) is 6.92 Å². The Morgan fingerprint density at radius 3 is 1.68 bits per heavy atom. The summed E-state index contributed by atoms with van der Waals surface area (Å²) in [6.45, 7) is 0.552. The Balaban J connectivity index is 3.91. The highest BCUT2D eigenvalue weighted by Gasteiger charge is 2.73. The Labute approximate surface area is 132 Å². The second-order valence-corrected chi connectivity index (χ2v) is 4.81. The van der Waals surface area contributed by atoms with E-state index in [4.69, 9.17) is 5.21 Å². The Morgan fingerprint density at radius 1 is 0.920 bits per heavy atom. The van der Waals surface area contributed by atoms with Crippen molar-refractivity contribution in [1.82, 2.24) is 5.48 Å². The molecular weight excluding hydrogens is 380 g/mol. The fourth-order valence-corrected chi connectivity index (χ4v) is 2.05. The third kappa shape index (κ3) is 3.50. The lowest BCUT2D eigenvalue weighted by molar-refractivity contribution is -0.348. The number of aryl methyl sites for hydroxylation is 1. The minimum absolute atomic E-state index is 0.194. The van der Waals surface area contributed by atoms with Crippen LogP contribution in [0.1, 0.15) is 27.0 Å². The Bertz CT molecular complexity index is 660. The molecule has 0 spiro atoms. The fourth-order valence-electron chi connectivity index (χ4n) is 2.05. The van der Waals surface area contributed by atoms with Crippen LogP contribution in [0.4, 0.5) is 43.9 Å². The third-order valence-corrected chi connectivity index (χ3v) is 3.15. The molecule has 1 amide bonds. The van der Waals surface area contributed by atoms with E-state index in [2.05, 4.69) is 0 Å². The molecule has 0 aliphatic carbocycles. The van der Waals surface area contributed by atoms with Crippen molar-refractivity contribution in [1.29, 1.82) is 0 Å². The van der Waals surface area contributed by atoms with Crippen molar-refractivity contribution in [2.75, 3.05) is 0 Å². The van der Waals surface area contributed by atoms with E-state index in [9.17, 15) is 48.7 Å². The zero-order valence-corrected chi connectivity index (χ0v) is 11.8. The summed E-state index contributed by atoms with van der Waals surface area (Å²) in [6, 6.07) is -0.959. The maximum atomic E-state index is 13.9. The van der Waals surface area contributed by atoms with Gasteiger partial charge >= 0.3 is 24.2 Å². The van der Waals surface area contributed by atoms with Gasteiger partial charge in [0.25, 0.3) is 5.91 Å². The molecule has 13 heteroatoms. The Kier molecular flexibility index (Phi) is 5.07. The molecule has 0 aromatic heterocycles. The van der Waals surface area contributed by atoms with E-state index in [1.807, 2.05) is 0 Å². The molecule has 1 aromatic carbocycles. The second-order valence-electron chi connectivity index (χ2n) is 4.81. The molecular formula is C12H7F10NO2. The Morgan fingerprint density at radius 2 is 1.36 bits per heavy atom. The van der Waals surface area contributed by atoms with Crippen molar-refractivity contribution in [3.05, 3.63) is 34.4 Å². The fraction of sp³-hybridized carbons (Fsp3) is 0.417. The van der Waals surface area contributed by atoms with Gasteiger partial charge in [-0.25, -0.2) is 9.87 Å². The SMILES string of the molecule is Cc1cc(C(F)(C(F)(F)F)C(F)(F)F)cc(C(F)(F)F)c1C(=O)NO. The van der Waals surface area contributed by atoms with Crippen molar-refractivity contribution in [2.45, 2.75) is 31.1 Å². The normalized spacial score (nSPS) is 13.8. The zero-order chi connectivity index (χ0) is 20.0. The molecule has 0 atom stereocenters. The van der Waals surface area contributed by atoms with Gasteiger partial charge in [-0.1, -0.05) is 6.07 Å². The van der Waals surface area contributed by atoms with Crippen LogP contribution in [-0.2, 0) is 11.8 Å². The largest absolute Gasteiger partial charge is 0.435 e. The number of alkyl halides is 10. The summed E-state index contributed by atoms with van der Waals surface area (Å²) in [4.78, 5) is 11.3. The topological polar surface area (TPSA) is 49.3 Å². The highest BCUT2D eigenvalue weighted by atomic mass is 19.4. The molecule has 3 nitrogen and oxygen atoms in total. The quantitative estimate of drug-likeness (QED) is 0.449. The van der Waals surface area contributed by atoms with Gasteiger partial charge in [0.15, 0.2) is 0 Å². The lowest BCUT2D eigenvalue weighted by Gasteiger charge is -2.31. The molecule has 142 valence electrons. The van der Waals surface area contributed by atoms with Gasteiger partial charge < -0.3 is 0 Å². The van der Waals surface area contributed by atoms with Gasteiger partial charge in [-0.05, 0) is 18.6 Å². The minimum Gasteiger partial charge on any atom is -0.288 e. The van der Waals surface area contributed by atoms with Gasteiger partial charge in [0.1, 0.15) is 0 Å². The van der Waals surface area contributed by atoms with E-state index in [0.29, 0.717) is 6.92 Å². The second kappa shape index (κ2) is 6.04. The molecule has 0 radical (unpaired) electrons. The number of benzene rings is 1. The maximum absolute atomic E-state index is 13.9. The number of carbonyl (C=O) groups excluding carboxylic acids is 1. The number of halogens is 10. The van der Waals surface area contributed by atoms with Crippen molar-refractivity contribution in [3.63, 3.8) is 0 Å². The highest BCUT2D eigenvalue weighted by Crippen LogP contribution is 2.54. The standard InChI is InChI=1S/C12H7F10NO2/c1-4-2-5(9(13,11(17,18)19)12(20,21)22)3-6(10(14,15)16)7(4)8(24)23-25/h2-3,25H,1H3,(H,23,24). The van der Waals surface area contributed by atoms with Gasteiger partial charge in [-0.15, -0.1) is 0 Å². The average Bonchev–Trinajstić information content (AvgIpc) is 2.41. The number of nitrogens with one attached hydrogen (secondary N) is 1. The van der Waals surface area contributed by atoms with Crippen LogP contribution in [0.5, 0.6) is 0 Å². The molecule has 0 fully saturated rings. The van der Waals surface area contributed by atoms with E-state index in [1.54, 1.807) is 0 Å². The summed E-state index contributed by atoms with van der Waals surface area (Å²) >= 11 is 0. The van der Waals surface area contributed by atoms with Crippen molar-refractivity contribution >= 4 is 5.91 Å². The highest BCUT2D eigenvalue weighted by molar-refractivity contribution is 5.96. The molecule has 2 N–H and O–H groups in total. The molecule has 1 rings (SSSR count). The summed E-state index contributed by atoms with van der Waals surface area (Å²) in [5.41, 5.74) is -12.5. The van der Waals surface area contributed by atoms with Crippen LogP contribution < -0.4 is 5.48 Å². The number of hydrogen-bond acceptors (Lipinski definition) is 2. The molecule has 0 heterocycles. The Hall–Kier alpha value is -2.05. The predicted molar refractivity (Wildman–Crippen MR) is 60.3 cm³/mol. The van der Waals surface area contributed by atoms with Gasteiger partial charge in [0, 0.05) is 5.56 Å². The number of rotatable bonds is 2. The molecule has 0 saturated carbocycles. The predicted octanol–water partition coefficient (Wildman–Crippen LogP) is 4.42. The minimum atomic E-state index is -6.62. The van der Waals surface area contributed by atoms with Crippen LogP contribution in [0.25, 0.3) is 0 Å². The number of hydroxylamine groups is 1. The number of amides is 1. The summed E-state index contributed by atoms with van der Waals surface area (Å²) in [7, 11) is 0. The van der Waals surface area contributed by atoms with E-state index in [1.165, 1.54) is 0 Å². The molecule has 1 aromatic rings. The van der Waals surface area contributed by atoms with Gasteiger partial charge in [-0.3, -0.25) is 10.0 Å². The lowest BCUT2D eigenvalue weighted by Crippen LogP contribution is -2.50. The molecule has 0 aliphatic heterocycles. The molecule has 0 saturated heterocycles. The van der Waals surface area contributed by atoms with Crippen LogP contribution in [-0.4, -0.2) is 23.5 Å². The lowest BCUT2D eigenvalue weighted by atomic mass is 9.88. The van der Waals surface area contributed by atoms with E-state index < -0.39 is 58.4 Å². The van der Waals surface area contributed by atoms with E-state index >= 15 is 0 Å². The van der Waals surface area contributed by atoms with Crippen LogP contribution in [0.15, 0.2) is 12.1 Å². The van der Waals surface area contributed by atoms with E-state index in [-0.39, 0.29) is 6.07 Å². The summed E-state index contributed by atoms with van der Waals surface area (Å²) < 4.78 is 129. The smallest absolute Gasteiger partial charge is 0.288 e. The van der Waals surface area contributed by atoms with Crippen LogP contribution >= 0.6 is 0 Å². The average molecular weight is 387 g/mol. The first-order valence-corrected chi connectivity index (χ1v) is 5.97. The third-order valence-electron chi connectivity index (χ3n) is 3.15. The van der Waals surface area contributed by atoms with Crippen molar-refractivity contribution < 1.29 is 53.9 Å². The van der Waals surface area contributed by atoms with E-state index in [0.717, 1.165) is 5.48 Å². The van der Waals surface area contributed by atoms with Gasteiger partial charge in [0.2, 0.25) is 0 Å². The number of hydrogen-bond donors (Lipinski definition) is 2. The summed E-state index contributed by atoms with van der Waals surface area (Å²) in [5.74, 6) is -1.85. The van der Waals surface area contributed by atoms with Crippen LogP contribution in [0.3, 0.4) is 0 Å². The zero-order valence-electron chi connectivity index (χ0n) is 11.8. The molecule has 0 bridgehead atoms. The number of carbonyl (C=O) groups is 1. The monoisotopic (exact) mass is 387 g/mol. The molecule has 0 unspecified atom stereocenters. The summed E-state index contributed by atoms with van der Waals surface area (Å²) in [6.07, 6.45) is -18.9. The molecule has 0 aliphatic rings. The van der Waals surface area contributed by atoms with Gasteiger partial charge in [0.05, 0.1) is 11.1 Å². The first-order chi connectivity index (χ1) is 11.0.